The fourth-order valence-electron chi connectivity index (χ4n) is 1.42. The van der Waals surface area contributed by atoms with Crippen molar-refractivity contribution in [1.82, 2.24) is 15.3 Å². The van der Waals surface area contributed by atoms with Gasteiger partial charge in [-0.25, -0.2) is 14.8 Å². The summed E-state index contributed by atoms with van der Waals surface area (Å²) in [6, 6.07) is 1.75. The van der Waals surface area contributed by atoms with Crippen LogP contribution < -0.4 is 10.1 Å². The maximum Gasteiger partial charge on any atom is 0.405 e. The molecule has 1 heterocycles. The van der Waals surface area contributed by atoms with E-state index in [0.29, 0.717) is 18.7 Å². The molecule has 1 aromatic heterocycles. The predicted octanol–water partition coefficient (Wildman–Crippen LogP) is 1.46. The van der Waals surface area contributed by atoms with E-state index in [9.17, 15) is 4.79 Å². The maximum atomic E-state index is 10.6. The van der Waals surface area contributed by atoms with E-state index in [1.165, 1.54) is 6.33 Å². The van der Waals surface area contributed by atoms with Crippen molar-refractivity contribution in [3.63, 3.8) is 0 Å². The average molecular weight is 239 g/mol. The minimum absolute atomic E-state index is 0.482. The highest BCUT2D eigenvalue weighted by Gasteiger charge is 2.20. The average Bonchev–Trinajstić information content (AvgIpc) is 2.25. The lowest BCUT2D eigenvalue weighted by molar-refractivity contribution is 0.180. The second kappa shape index (κ2) is 5.47. The first-order chi connectivity index (χ1) is 7.93. The van der Waals surface area contributed by atoms with Gasteiger partial charge in [-0.3, -0.25) is 0 Å². The van der Waals surface area contributed by atoms with Gasteiger partial charge in [0.2, 0.25) is 5.88 Å². The van der Waals surface area contributed by atoms with E-state index in [-0.39, 0.29) is 0 Å². The Bertz CT molecular complexity index is 393. The van der Waals surface area contributed by atoms with E-state index in [1.807, 2.05) is 13.8 Å². The van der Waals surface area contributed by atoms with E-state index in [4.69, 9.17) is 9.84 Å². The molecule has 0 bridgehead atoms. The van der Waals surface area contributed by atoms with Crippen molar-refractivity contribution in [1.29, 1.82) is 0 Å². The summed E-state index contributed by atoms with van der Waals surface area (Å²) in [6.07, 6.45) is 1.73. The Balaban J connectivity index is 2.57. The number of ether oxygens (including phenoxy) is 1. The third-order valence-electron chi connectivity index (χ3n) is 2.36. The number of methoxy groups -OCH3 is 1. The zero-order valence-corrected chi connectivity index (χ0v) is 10.2. The molecule has 0 spiro atoms. The summed E-state index contributed by atoms with van der Waals surface area (Å²) >= 11 is 0. The molecule has 0 aliphatic rings. The first-order valence-electron chi connectivity index (χ1n) is 5.29. The van der Waals surface area contributed by atoms with Crippen molar-refractivity contribution in [3.05, 3.63) is 18.1 Å². The number of hydrogen-bond acceptors (Lipinski definition) is 4. The molecule has 0 unspecified atom stereocenters. The number of carbonyl (C=O) groups is 1. The van der Waals surface area contributed by atoms with Crippen molar-refractivity contribution in [2.24, 2.45) is 0 Å². The van der Waals surface area contributed by atoms with E-state index < -0.39 is 11.6 Å². The standard InChI is InChI=1S/C11H17N3O3/c1-11(2,14-10(15)16)5-4-8-6-9(17-3)13-7-12-8/h6-7,14H,4-5H2,1-3H3,(H,15,16). The Morgan fingerprint density at radius 3 is 2.82 bits per heavy atom. The van der Waals surface area contributed by atoms with Crippen LogP contribution in [0.3, 0.4) is 0 Å². The molecule has 0 saturated carbocycles. The Kier molecular flexibility index (Phi) is 4.25. The van der Waals surface area contributed by atoms with Gasteiger partial charge in [0, 0.05) is 17.3 Å². The second-order valence-corrected chi connectivity index (χ2v) is 4.37. The SMILES string of the molecule is COc1cc(CCC(C)(C)NC(=O)O)ncn1. The summed E-state index contributed by atoms with van der Waals surface area (Å²) in [7, 11) is 1.54. The van der Waals surface area contributed by atoms with Gasteiger partial charge in [0.25, 0.3) is 0 Å². The van der Waals surface area contributed by atoms with Gasteiger partial charge < -0.3 is 15.2 Å². The van der Waals surface area contributed by atoms with E-state index in [0.717, 1.165) is 5.69 Å². The quantitative estimate of drug-likeness (QED) is 0.812. The number of aryl methyl sites for hydroxylation is 1. The summed E-state index contributed by atoms with van der Waals surface area (Å²) in [5, 5.41) is 11.1. The zero-order chi connectivity index (χ0) is 12.9. The van der Waals surface area contributed by atoms with Crippen LogP contribution in [0.2, 0.25) is 0 Å². The van der Waals surface area contributed by atoms with Crippen LogP contribution in [0.25, 0.3) is 0 Å². The zero-order valence-electron chi connectivity index (χ0n) is 10.2. The molecule has 0 aliphatic carbocycles. The van der Waals surface area contributed by atoms with Crippen LogP contribution in [0.1, 0.15) is 26.0 Å². The molecule has 1 amide bonds. The number of nitrogens with one attached hydrogen (secondary N) is 1. The molecule has 6 nitrogen and oxygen atoms in total. The number of carboxylic acid groups (broad SMARTS) is 1. The van der Waals surface area contributed by atoms with E-state index in [1.54, 1.807) is 13.2 Å². The Morgan fingerprint density at radius 2 is 2.24 bits per heavy atom. The molecule has 0 radical (unpaired) electrons. The highest BCUT2D eigenvalue weighted by molar-refractivity contribution is 5.65. The Labute approximate surface area is 100 Å². The predicted molar refractivity (Wildman–Crippen MR) is 62.1 cm³/mol. The summed E-state index contributed by atoms with van der Waals surface area (Å²) < 4.78 is 4.99. The van der Waals surface area contributed by atoms with E-state index in [2.05, 4.69) is 15.3 Å². The lowest BCUT2D eigenvalue weighted by atomic mass is 9.97. The van der Waals surface area contributed by atoms with Gasteiger partial charge in [-0.15, -0.1) is 0 Å². The fourth-order valence-corrected chi connectivity index (χ4v) is 1.42. The van der Waals surface area contributed by atoms with Crippen molar-refractivity contribution in [3.8, 4) is 5.88 Å². The minimum Gasteiger partial charge on any atom is -0.481 e. The van der Waals surface area contributed by atoms with Gasteiger partial charge in [-0.05, 0) is 26.7 Å². The summed E-state index contributed by atoms with van der Waals surface area (Å²) in [5.41, 5.74) is 0.349. The van der Waals surface area contributed by atoms with Gasteiger partial charge in [0.05, 0.1) is 7.11 Å². The maximum absolute atomic E-state index is 10.6. The first kappa shape index (κ1) is 13.2. The van der Waals surface area contributed by atoms with Crippen molar-refractivity contribution in [2.45, 2.75) is 32.2 Å². The summed E-state index contributed by atoms with van der Waals surface area (Å²) in [4.78, 5) is 18.6. The normalized spacial score (nSPS) is 11.0. The highest BCUT2D eigenvalue weighted by atomic mass is 16.5. The van der Waals surface area contributed by atoms with Gasteiger partial charge in [-0.2, -0.15) is 0 Å². The van der Waals surface area contributed by atoms with Crippen LogP contribution in [-0.2, 0) is 6.42 Å². The van der Waals surface area contributed by atoms with Gasteiger partial charge in [0.15, 0.2) is 0 Å². The van der Waals surface area contributed by atoms with Crippen LogP contribution in [0.15, 0.2) is 12.4 Å². The van der Waals surface area contributed by atoms with Crippen molar-refractivity contribution < 1.29 is 14.6 Å². The Morgan fingerprint density at radius 1 is 1.53 bits per heavy atom. The first-order valence-corrected chi connectivity index (χ1v) is 5.29. The van der Waals surface area contributed by atoms with Crippen LogP contribution in [0.4, 0.5) is 4.79 Å². The van der Waals surface area contributed by atoms with Crippen LogP contribution in [0, 0.1) is 0 Å². The smallest absolute Gasteiger partial charge is 0.405 e. The molecule has 0 atom stereocenters. The van der Waals surface area contributed by atoms with Crippen molar-refractivity contribution >= 4 is 6.09 Å². The molecular weight excluding hydrogens is 222 g/mol. The molecule has 6 heteroatoms. The molecule has 0 aliphatic heterocycles. The second-order valence-electron chi connectivity index (χ2n) is 4.37. The fraction of sp³-hybridized carbons (Fsp3) is 0.545. The molecule has 17 heavy (non-hydrogen) atoms. The van der Waals surface area contributed by atoms with Crippen LogP contribution >= 0.6 is 0 Å². The van der Waals surface area contributed by atoms with Gasteiger partial charge in [-0.1, -0.05) is 0 Å². The molecule has 0 aromatic carbocycles. The van der Waals surface area contributed by atoms with Gasteiger partial charge >= 0.3 is 6.09 Å². The number of hydrogen-bond donors (Lipinski definition) is 2. The Hall–Kier alpha value is -1.85. The summed E-state index contributed by atoms with van der Waals surface area (Å²) in [6.45, 7) is 3.67. The highest BCUT2D eigenvalue weighted by Crippen LogP contribution is 2.14. The summed E-state index contributed by atoms with van der Waals surface area (Å²) in [5.74, 6) is 0.513. The van der Waals surface area contributed by atoms with E-state index >= 15 is 0 Å². The molecule has 1 aromatic rings. The molecule has 0 fully saturated rings. The largest absolute Gasteiger partial charge is 0.481 e. The molecule has 1 rings (SSSR count). The topological polar surface area (TPSA) is 84.3 Å². The molecular formula is C11H17N3O3. The number of rotatable bonds is 5. The monoisotopic (exact) mass is 239 g/mol. The van der Waals surface area contributed by atoms with Crippen LogP contribution in [-0.4, -0.2) is 33.8 Å². The molecule has 0 saturated heterocycles. The van der Waals surface area contributed by atoms with Crippen molar-refractivity contribution in [2.75, 3.05) is 7.11 Å². The van der Waals surface area contributed by atoms with Crippen LogP contribution in [0.5, 0.6) is 5.88 Å². The minimum atomic E-state index is -1.02. The third kappa shape index (κ3) is 4.67. The third-order valence-corrected chi connectivity index (χ3v) is 2.36. The molecule has 2 N–H and O–H groups in total. The number of nitrogens with zero attached hydrogens (tertiary/aromatic N) is 2. The lowest BCUT2D eigenvalue weighted by Crippen LogP contribution is -2.42. The lowest BCUT2D eigenvalue weighted by Gasteiger charge is -2.24. The molecule has 94 valence electrons. The number of amides is 1. The van der Waals surface area contributed by atoms with Gasteiger partial charge in [0.1, 0.15) is 6.33 Å². The number of aromatic nitrogens is 2.